The van der Waals surface area contributed by atoms with Gasteiger partial charge in [0.05, 0.1) is 11.4 Å². The molecule has 2 N–H and O–H groups in total. The van der Waals surface area contributed by atoms with Gasteiger partial charge in [-0.25, -0.2) is 0 Å². The Bertz CT molecular complexity index is 659. The lowest BCUT2D eigenvalue weighted by molar-refractivity contribution is 0.407. The van der Waals surface area contributed by atoms with Crippen molar-refractivity contribution in [3.63, 3.8) is 0 Å². The number of aromatic hydroxyl groups is 1. The topological polar surface area (TPSA) is 74.2 Å². The number of rotatable bonds is 4. The molecule has 0 unspecified atom stereocenters. The van der Waals surface area contributed by atoms with Crippen LogP contribution in [-0.4, -0.2) is 39.4 Å². The monoisotopic (exact) mass is 313 g/mol. The maximum absolute atomic E-state index is 9.89. The highest BCUT2D eigenvalue weighted by molar-refractivity contribution is 5.38. The molecule has 2 aromatic heterocycles. The fourth-order valence-electron chi connectivity index (χ4n) is 2.89. The molecular formula is C17H23N5O. The van der Waals surface area contributed by atoms with Crippen molar-refractivity contribution in [2.45, 2.75) is 39.3 Å². The molecule has 122 valence electrons. The Morgan fingerprint density at radius 2 is 2.00 bits per heavy atom. The lowest BCUT2D eigenvalue weighted by Crippen LogP contribution is -2.46. The third-order valence-corrected chi connectivity index (χ3v) is 4.18. The third-order valence-electron chi connectivity index (χ3n) is 4.18. The van der Waals surface area contributed by atoms with Gasteiger partial charge < -0.3 is 15.3 Å². The molecule has 0 radical (unpaired) electrons. The normalized spacial score (nSPS) is 18.2. The zero-order valence-corrected chi connectivity index (χ0v) is 13.7. The van der Waals surface area contributed by atoms with Crippen LogP contribution in [0.25, 0.3) is 0 Å². The van der Waals surface area contributed by atoms with Crippen LogP contribution < -0.4 is 10.2 Å². The van der Waals surface area contributed by atoms with Gasteiger partial charge in [0.15, 0.2) is 5.82 Å². The van der Waals surface area contributed by atoms with Crippen LogP contribution in [0.5, 0.6) is 5.75 Å². The van der Waals surface area contributed by atoms with E-state index in [0.29, 0.717) is 18.3 Å². The summed E-state index contributed by atoms with van der Waals surface area (Å²) in [6.45, 7) is 6.35. The maximum atomic E-state index is 9.89. The lowest BCUT2D eigenvalue weighted by Gasteiger charge is -2.33. The van der Waals surface area contributed by atoms with Gasteiger partial charge in [-0.3, -0.25) is 4.98 Å². The quantitative estimate of drug-likeness (QED) is 0.899. The number of aromatic nitrogens is 3. The van der Waals surface area contributed by atoms with E-state index in [1.165, 1.54) is 0 Å². The highest BCUT2D eigenvalue weighted by Gasteiger charge is 2.21. The van der Waals surface area contributed by atoms with Gasteiger partial charge in [-0.15, -0.1) is 5.10 Å². The number of piperidine rings is 1. The van der Waals surface area contributed by atoms with Crippen LogP contribution in [0.4, 0.5) is 5.82 Å². The van der Waals surface area contributed by atoms with Gasteiger partial charge >= 0.3 is 0 Å². The minimum absolute atomic E-state index is 0.250. The molecule has 0 saturated carbocycles. The summed E-state index contributed by atoms with van der Waals surface area (Å²) in [4.78, 5) is 6.66. The van der Waals surface area contributed by atoms with Crippen LogP contribution in [0.15, 0.2) is 24.3 Å². The van der Waals surface area contributed by atoms with Gasteiger partial charge in [0, 0.05) is 31.4 Å². The smallest absolute Gasteiger partial charge is 0.151 e. The summed E-state index contributed by atoms with van der Waals surface area (Å²) in [6.07, 6.45) is 2.23. The van der Waals surface area contributed by atoms with Gasteiger partial charge in [0.2, 0.25) is 0 Å². The highest BCUT2D eigenvalue weighted by atomic mass is 16.3. The van der Waals surface area contributed by atoms with Crippen molar-refractivity contribution in [3.05, 3.63) is 41.3 Å². The second-order valence-corrected chi connectivity index (χ2v) is 6.12. The summed E-state index contributed by atoms with van der Waals surface area (Å²) in [7, 11) is 0. The van der Waals surface area contributed by atoms with Gasteiger partial charge in [-0.05, 0) is 51.0 Å². The third kappa shape index (κ3) is 3.96. The molecule has 1 fully saturated rings. The first kappa shape index (κ1) is 15.7. The number of nitrogens with zero attached hydrogens (tertiary/aromatic N) is 4. The Morgan fingerprint density at radius 3 is 2.78 bits per heavy atom. The molecule has 1 saturated heterocycles. The average Bonchev–Trinajstić information content (AvgIpc) is 2.57. The number of anilines is 1. The van der Waals surface area contributed by atoms with E-state index in [9.17, 15) is 5.11 Å². The second kappa shape index (κ2) is 6.91. The van der Waals surface area contributed by atoms with Gasteiger partial charge in [0.25, 0.3) is 0 Å². The standard InChI is InChI=1S/C17H23N5O/c1-12-5-7-16(23)15(19-12)10-18-14-4-3-9-22(11-14)17-8-6-13(2)20-21-17/h5-8,14,18,23H,3-4,9-11H2,1-2H3/t14-/m1/s1. The minimum atomic E-state index is 0.250. The Hall–Kier alpha value is -2.21. The van der Waals surface area contributed by atoms with E-state index in [-0.39, 0.29) is 5.75 Å². The molecule has 0 aromatic carbocycles. The van der Waals surface area contributed by atoms with E-state index >= 15 is 0 Å². The van der Waals surface area contributed by atoms with Crippen molar-refractivity contribution in [2.24, 2.45) is 0 Å². The number of nitrogens with one attached hydrogen (secondary N) is 1. The summed E-state index contributed by atoms with van der Waals surface area (Å²) in [5.74, 6) is 1.18. The number of hydrogen-bond donors (Lipinski definition) is 2. The predicted molar refractivity (Wildman–Crippen MR) is 89.5 cm³/mol. The molecule has 1 atom stereocenters. The predicted octanol–water partition coefficient (Wildman–Crippen LogP) is 1.95. The molecule has 0 bridgehead atoms. The first-order chi connectivity index (χ1) is 11.1. The SMILES string of the molecule is Cc1ccc(N2CCC[C@@H](NCc3nc(C)ccc3O)C2)nn1. The summed E-state index contributed by atoms with van der Waals surface area (Å²) in [5.41, 5.74) is 2.55. The molecule has 0 spiro atoms. The fourth-order valence-corrected chi connectivity index (χ4v) is 2.89. The Morgan fingerprint density at radius 1 is 1.17 bits per heavy atom. The first-order valence-corrected chi connectivity index (χ1v) is 8.06. The molecule has 6 heteroatoms. The van der Waals surface area contributed by atoms with Gasteiger partial charge in [0.1, 0.15) is 5.75 Å². The van der Waals surface area contributed by atoms with Crippen molar-refractivity contribution >= 4 is 5.82 Å². The second-order valence-electron chi connectivity index (χ2n) is 6.12. The van der Waals surface area contributed by atoms with Gasteiger partial charge in [-0.2, -0.15) is 5.10 Å². The largest absolute Gasteiger partial charge is 0.506 e. The van der Waals surface area contributed by atoms with Crippen LogP contribution in [0, 0.1) is 13.8 Å². The molecule has 0 aliphatic carbocycles. The molecular weight excluding hydrogens is 290 g/mol. The average molecular weight is 313 g/mol. The molecule has 0 amide bonds. The fraction of sp³-hybridized carbons (Fsp3) is 0.471. The maximum Gasteiger partial charge on any atom is 0.151 e. The van der Waals surface area contributed by atoms with Crippen molar-refractivity contribution in [2.75, 3.05) is 18.0 Å². The zero-order valence-electron chi connectivity index (χ0n) is 13.7. The number of pyridine rings is 1. The lowest BCUT2D eigenvalue weighted by atomic mass is 10.1. The summed E-state index contributed by atoms with van der Waals surface area (Å²) < 4.78 is 0. The molecule has 1 aliphatic heterocycles. The van der Waals surface area contributed by atoms with Crippen LogP contribution in [0.3, 0.4) is 0 Å². The molecule has 23 heavy (non-hydrogen) atoms. The van der Waals surface area contributed by atoms with Crippen molar-refractivity contribution in [3.8, 4) is 5.75 Å². The van der Waals surface area contributed by atoms with Crippen molar-refractivity contribution in [1.82, 2.24) is 20.5 Å². The van der Waals surface area contributed by atoms with E-state index in [1.54, 1.807) is 6.07 Å². The molecule has 1 aliphatic rings. The first-order valence-electron chi connectivity index (χ1n) is 8.06. The molecule has 6 nitrogen and oxygen atoms in total. The molecule has 3 heterocycles. The summed E-state index contributed by atoms with van der Waals surface area (Å²) >= 11 is 0. The Labute approximate surface area is 136 Å². The highest BCUT2D eigenvalue weighted by Crippen LogP contribution is 2.19. The minimum Gasteiger partial charge on any atom is -0.506 e. The molecule has 2 aromatic rings. The van der Waals surface area contributed by atoms with Crippen molar-refractivity contribution < 1.29 is 5.11 Å². The van der Waals surface area contributed by atoms with E-state index in [4.69, 9.17) is 0 Å². The van der Waals surface area contributed by atoms with Crippen molar-refractivity contribution in [1.29, 1.82) is 0 Å². The number of aryl methyl sites for hydroxylation is 2. The van der Waals surface area contributed by atoms with Crippen LogP contribution >= 0.6 is 0 Å². The van der Waals surface area contributed by atoms with Crippen LogP contribution in [0.1, 0.15) is 29.9 Å². The van der Waals surface area contributed by atoms with E-state index in [2.05, 4.69) is 25.4 Å². The van der Waals surface area contributed by atoms with E-state index in [1.807, 2.05) is 32.0 Å². The Kier molecular flexibility index (Phi) is 4.71. The van der Waals surface area contributed by atoms with Crippen LogP contribution in [-0.2, 0) is 6.54 Å². The Balaban J connectivity index is 1.60. The van der Waals surface area contributed by atoms with Gasteiger partial charge in [-0.1, -0.05) is 0 Å². The molecule has 3 rings (SSSR count). The summed E-state index contributed by atoms with van der Waals surface area (Å²) in [6, 6.07) is 7.90. The number of hydrogen-bond acceptors (Lipinski definition) is 6. The zero-order chi connectivity index (χ0) is 16.2. The summed E-state index contributed by atoms with van der Waals surface area (Å²) in [5, 5.41) is 21.8. The van der Waals surface area contributed by atoms with E-state index in [0.717, 1.165) is 43.1 Å². The van der Waals surface area contributed by atoms with E-state index < -0.39 is 0 Å². The van der Waals surface area contributed by atoms with Crippen LogP contribution in [0.2, 0.25) is 0 Å².